The molecule has 10 rings (SSSR count). The fourth-order valence-electron chi connectivity index (χ4n) is 7.03. The molecule has 44 heavy (non-hydrogen) atoms. The number of fused-ring (bicyclic) bond motifs is 2. The third-order valence-corrected chi connectivity index (χ3v) is 10.1. The van der Waals surface area contributed by atoms with Gasteiger partial charge in [-0.1, -0.05) is 115 Å². The highest BCUT2D eigenvalue weighted by Crippen LogP contribution is 2.51. The number of rotatable bonds is 3. The van der Waals surface area contributed by atoms with Gasteiger partial charge in [0.1, 0.15) is 0 Å². The summed E-state index contributed by atoms with van der Waals surface area (Å²) in [4.78, 5) is 13.2. The van der Waals surface area contributed by atoms with Crippen LogP contribution in [0.4, 0.5) is 0 Å². The zero-order valence-electron chi connectivity index (χ0n) is 23.5. The van der Waals surface area contributed by atoms with E-state index in [1.165, 1.54) is 53.2 Å². The van der Waals surface area contributed by atoms with Crippen LogP contribution in [0.3, 0.4) is 0 Å². The molecule has 0 radical (unpaired) electrons. The molecule has 3 heterocycles. The molecule has 204 valence electrons. The van der Waals surface area contributed by atoms with Crippen LogP contribution in [0.1, 0.15) is 0 Å². The van der Waals surface area contributed by atoms with E-state index in [0.29, 0.717) is 5.95 Å². The fourth-order valence-corrected chi connectivity index (χ4v) is 8.18. The standard InChI is InChI=1S/C40H23N3S/c1-2-11-25(12-3-1)30-23-33-38-36-28(30)15-8-18-34(36)44-35-19-9-17-32(37(35)38)43(33)40-41-31-16-7-6-14-29(31)39(42-40)27-21-20-24-10-4-5-13-26(24)22-27/h1-23H. The molecule has 1 aliphatic rings. The van der Waals surface area contributed by atoms with E-state index in [0.717, 1.165) is 33.2 Å². The lowest BCUT2D eigenvalue weighted by molar-refractivity contribution is 1.01. The Hall–Kier alpha value is -5.45. The van der Waals surface area contributed by atoms with Gasteiger partial charge in [-0.05, 0) is 63.7 Å². The first-order valence-corrected chi connectivity index (χ1v) is 15.7. The van der Waals surface area contributed by atoms with Gasteiger partial charge < -0.3 is 0 Å². The Morgan fingerprint density at radius 3 is 2.14 bits per heavy atom. The average molecular weight is 578 g/mol. The Kier molecular flexibility index (Phi) is 4.93. The van der Waals surface area contributed by atoms with Gasteiger partial charge in [-0.2, -0.15) is 0 Å². The number of hydrogen-bond acceptors (Lipinski definition) is 3. The summed E-state index contributed by atoms with van der Waals surface area (Å²) in [5, 5.41) is 8.61. The molecule has 2 aromatic heterocycles. The number of para-hydroxylation sites is 1. The van der Waals surface area contributed by atoms with Gasteiger partial charge in [-0.3, -0.25) is 4.57 Å². The van der Waals surface area contributed by atoms with Gasteiger partial charge in [0.15, 0.2) is 0 Å². The van der Waals surface area contributed by atoms with Crippen molar-refractivity contribution in [3.8, 4) is 28.3 Å². The molecule has 4 heteroatoms. The summed E-state index contributed by atoms with van der Waals surface area (Å²) in [7, 11) is 0. The van der Waals surface area contributed by atoms with E-state index in [-0.39, 0.29) is 0 Å². The third kappa shape index (κ3) is 3.34. The Labute approximate surface area is 257 Å². The summed E-state index contributed by atoms with van der Waals surface area (Å²) in [6, 6.07) is 49.9. The van der Waals surface area contributed by atoms with Gasteiger partial charge >= 0.3 is 0 Å². The van der Waals surface area contributed by atoms with Gasteiger partial charge in [0.2, 0.25) is 5.95 Å². The van der Waals surface area contributed by atoms with Crippen molar-refractivity contribution in [1.82, 2.24) is 14.5 Å². The van der Waals surface area contributed by atoms with E-state index < -0.39 is 0 Å². The molecule has 0 saturated carbocycles. The molecule has 0 spiro atoms. The molecule has 1 aliphatic heterocycles. The zero-order chi connectivity index (χ0) is 28.8. The molecular formula is C40H23N3S. The lowest BCUT2D eigenvalue weighted by Gasteiger charge is -2.17. The molecular weight excluding hydrogens is 555 g/mol. The van der Waals surface area contributed by atoms with Gasteiger partial charge in [0, 0.05) is 36.9 Å². The molecule has 0 atom stereocenters. The first-order chi connectivity index (χ1) is 21.8. The lowest BCUT2D eigenvalue weighted by Crippen LogP contribution is -2.03. The summed E-state index contributed by atoms with van der Waals surface area (Å²) in [6.45, 7) is 0. The second-order valence-electron chi connectivity index (χ2n) is 11.4. The zero-order valence-corrected chi connectivity index (χ0v) is 24.3. The van der Waals surface area contributed by atoms with Crippen molar-refractivity contribution in [2.75, 3.05) is 0 Å². The van der Waals surface area contributed by atoms with E-state index in [1.54, 1.807) is 0 Å². The molecule has 0 N–H and O–H groups in total. The maximum atomic E-state index is 5.39. The Bertz CT molecular complexity index is 2640. The second kappa shape index (κ2) is 9.03. The highest BCUT2D eigenvalue weighted by Gasteiger charge is 2.26. The fraction of sp³-hybridized carbons (Fsp3) is 0. The minimum absolute atomic E-state index is 0.687. The maximum absolute atomic E-state index is 5.39. The van der Waals surface area contributed by atoms with Crippen molar-refractivity contribution in [2.24, 2.45) is 0 Å². The van der Waals surface area contributed by atoms with Crippen LogP contribution in [-0.2, 0) is 0 Å². The van der Waals surface area contributed by atoms with Crippen molar-refractivity contribution < 1.29 is 0 Å². The Morgan fingerprint density at radius 1 is 0.477 bits per heavy atom. The predicted octanol–water partition coefficient (Wildman–Crippen LogP) is 10.8. The summed E-state index contributed by atoms with van der Waals surface area (Å²) in [5.74, 6) is 0.687. The first-order valence-electron chi connectivity index (χ1n) is 14.8. The SMILES string of the molecule is c1ccc(-c2cc3c4c5c(cccc25)Sc2cccc(c24)n3-c2nc(-c3ccc4ccccc4c3)c3ccccc3n2)cc1. The Morgan fingerprint density at radius 2 is 1.23 bits per heavy atom. The molecule has 0 amide bonds. The summed E-state index contributed by atoms with van der Waals surface area (Å²) >= 11 is 1.86. The molecule has 0 saturated heterocycles. The number of nitrogens with zero attached hydrogens (tertiary/aromatic N) is 3. The van der Waals surface area contributed by atoms with Crippen LogP contribution >= 0.6 is 11.8 Å². The monoisotopic (exact) mass is 577 g/mol. The molecule has 0 aliphatic carbocycles. The van der Waals surface area contributed by atoms with E-state index in [2.05, 4.69) is 144 Å². The van der Waals surface area contributed by atoms with Crippen molar-refractivity contribution in [1.29, 1.82) is 0 Å². The molecule has 0 fully saturated rings. The van der Waals surface area contributed by atoms with Crippen LogP contribution in [-0.4, -0.2) is 14.5 Å². The maximum Gasteiger partial charge on any atom is 0.235 e. The Balaban J connectivity index is 1.35. The predicted molar refractivity (Wildman–Crippen MR) is 184 cm³/mol. The number of benzene rings is 7. The van der Waals surface area contributed by atoms with Crippen LogP contribution in [0.25, 0.3) is 82.6 Å². The smallest absolute Gasteiger partial charge is 0.235 e. The quantitative estimate of drug-likeness (QED) is 0.209. The summed E-state index contributed by atoms with van der Waals surface area (Å²) in [5.41, 5.74) is 7.64. The largest absolute Gasteiger partial charge is 0.278 e. The normalized spacial score (nSPS) is 12.5. The lowest BCUT2D eigenvalue weighted by atomic mass is 9.94. The topological polar surface area (TPSA) is 30.7 Å². The van der Waals surface area contributed by atoms with Crippen LogP contribution < -0.4 is 0 Å². The molecule has 9 aromatic rings. The summed E-state index contributed by atoms with van der Waals surface area (Å²) in [6.07, 6.45) is 0. The van der Waals surface area contributed by atoms with Crippen molar-refractivity contribution in [3.05, 3.63) is 140 Å². The van der Waals surface area contributed by atoms with Gasteiger partial charge in [0.25, 0.3) is 0 Å². The summed E-state index contributed by atoms with van der Waals surface area (Å²) < 4.78 is 2.29. The highest BCUT2D eigenvalue weighted by atomic mass is 32.2. The number of hydrogen-bond donors (Lipinski definition) is 0. The van der Waals surface area contributed by atoms with Crippen LogP contribution in [0.15, 0.2) is 149 Å². The number of aromatic nitrogens is 3. The average Bonchev–Trinajstić information content (AvgIpc) is 3.43. The minimum atomic E-state index is 0.687. The van der Waals surface area contributed by atoms with E-state index in [4.69, 9.17) is 9.97 Å². The van der Waals surface area contributed by atoms with Gasteiger partial charge in [-0.15, -0.1) is 0 Å². The van der Waals surface area contributed by atoms with Crippen molar-refractivity contribution >= 4 is 66.0 Å². The van der Waals surface area contributed by atoms with Crippen molar-refractivity contribution in [3.63, 3.8) is 0 Å². The van der Waals surface area contributed by atoms with E-state index >= 15 is 0 Å². The van der Waals surface area contributed by atoms with E-state index in [9.17, 15) is 0 Å². The van der Waals surface area contributed by atoms with Crippen LogP contribution in [0.5, 0.6) is 0 Å². The molecule has 3 nitrogen and oxygen atoms in total. The minimum Gasteiger partial charge on any atom is -0.278 e. The van der Waals surface area contributed by atoms with Crippen molar-refractivity contribution in [2.45, 2.75) is 9.79 Å². The second-order valence-corrected chi connectivity index (χ2v) is 12.5. The highest BCUT2D eigenvalue weighted by molar-refractivity contribution is 8.00. The molecule has 0 bridgehead atoms. The molecule has 0 unspecified atom stereocenters. The third-order valence-electron chi connectivity index (χ3n) is 8.96. The first kappa shape index (κ1) is 24.0. The van der Waals surface area contributed by atoms with Gasteiger partial charge in [-0.25, -0.2) is 9.97 Å². The van der Waals surface area contributed by atoms with Crippen LogP contribution in [0, 0.1) is 0 Å². The van der Waals surface area contributed by atoms with Gasteiger partial charge in [0.05, 0.1) is 22.2 Å². The van der Waals surface area contributed by atoms with Crippen LogP contribution in [0.2, 0.25) is 0 Å². The molecule has 7 aromatic carbocycles. The van der Waals surface area contributed by atoms with E-state index in [1.807, 2.05) is 11.8 Å².